The lowest BCUT2D eigenvalue weighted by Gasteiger charge is -2.09. The summed E-state index contributed by atoms with van der Waals surface area (Å²) in [6.07, 6.45) is -1.10. The molecule has 2 N–H and O–H groups in total. The first kappa shape index (κ1) is 10.3. The summed E-state index contributed by atoms with van der Waals surface area (Å²) in [5, 5.41) is 10.8. The molecule has 1 heterocycles. The number of nitrogens with zero attached hydrogens (tertiary/aromatic N) is 1. The number of aryl methyl sites for hydroxylation is 2. The van der Waals surface area contributed by atoms with Gasteiger partial charge < -0.3 is 9.84 Å². The van der Waals surface area contributed by atoms with Crippen LogP contribution in [0.15, 0.2) is 6.07 Å². The van der Waals surface area contributed by atoms with E-state index in [0.717, 1.165) is 5.56 Å². The van der Waals surface area contributed by atoms with Crippen LogP contribution in [0.2, 0.25) is 0 Å². The van der Waals surface area contributed by atoms with Crippen molar-refractivity contribution in [2.75, 3.05) is 12.4 Å². The molecule has 0 fully saturated rings. The molecule has 0 aliphatic heterocycles. The molecule has 5 nitrogen and oxygen atoms in total. The first-order valence-electron chi connectivity index (χ1n) is 4.06. The smallest absolute Gasteiger partial charge is 0.409 e. The van der Waals surface area contributed by atoms with E-state index in [1.54, 1.807) is 19.9 Å². The van der Waals surface area contributed by atoms with Crippen LogP contribution in [0, 0.1) is 13.8 Å². The zero-order valence-electron chi connectivity index (χ0n) is 8.29. The molecule has 0 saturated heterocycles. The number of ether oxygens (including phenoxy) is 1. The highest BCUT2D eigenvalue weighted by Crippen LogP contribution is 2.21. The first-order chi connectivity index (χ1) is 6.54. The van der Waals surface area contributed by atoms with E-state index in [4.69, 9.17) is 9.84 Å². The van der Waals surface area contributed by atoms with E-state index in [-0.39, 0.29) is 0 Å². The minimum atomic E-state index is -1.10. The van der Waals surface area contributed by atoms with Crippen molar-refractivity contribution in [1.82, 2.24) is 4.98 Å². The fourth-order valence-corrected chi connectivity index (χ4v) is 1.13. The zero-order valence-corrected chi connectivity index (χ0v) is 8.29. The maximum absolute atomic E-state index is 10.4. The average molecular weight is 196 g/mol. The van der Waals surface area contributed by atoms with Gasteiger partial charge >= 0.3 is 6.09 Å². The van der Waals surface area contributed by atoms with E-state index in [1.165, 1.54) is 7.11 Å². The lowest BCUT2D eigenvalue weighted by molar-refractivity contribution is 0.209. The van der Waals surface area contributed by atoms with Gasteiger partial charge in [-0.05, 0) is 19.9 Å². The van der Waals surface area contributed by atoms with Crippen molar-refractivity contribution in [3.63, 3.8) is 0 Å². The molecule has 1 rings (SSSR count). The van der Waals surface area contributed by atoms with Gasteiger partial charge in [-0.1, -0.05) is 0 Å². The number of anilines is 1. The molecule has 5 heteroatoms. The third kappa shape index (κ3) is 2.12. The van der Waals surface area contributed by atoms with Crippen molar-refractivity contribution in [2.45, 2.75) is 13.8 Å². The van der Waals surface area contributed by atoms with Gasteiger partial charge in [0.2, 0.25) is 5.88 Å². The van der Waals surface area contributed by atoms with Crippen LogP contribution in [-0.4, -0.2) is 23.3 Å². The molecule has 0 unspecified atom stereocenters. The number of hydrogen-bond donors (Lipinski definition) is 2. The van der Waals surface area contributed by atoms with Crippen molar-refractivity contribution in [3.8, 4) is 5.88 Å². The van der Waals surface area contributed by atoms with Crippen LogP contribution in [0.25, 0.3) is 0 Å². The highest BCUT2D eigenvalue weighted by Gasteiger charge is 2.07. The molecule has 14 heavy (non-hydrogen) atoms. The van der Waals surface area contributed by atoms with Gasteiger partial charge in [0.15, 0.2) is 0 Å². The molecule has 1 amide bonds. The Balaban J connectivity index is 3.08. The van der Waals surface area contributed by atoms with Crippen LogP contribution in [0.4, 0.5) is 10.5 Å². The monoisotopic (exact) mass is 196 g/mol. The molecule has 0 spiro atoms. The van der Waals surface area contributed by atoms with Gasteiger partial charge in [0.05, 0.1) is 18.5 Å². The molecule has 1 aromatic rings. The summed E-state index contributed by atoms with van der Waals surface area (Å²) in [6.45, 7) is 3.52. The van der Waals surface area contributed by atoms with Crippen LogP contribution in [-0.2, 0) is 0 Å². The van der Waals surface area contributed by atoms with Gasteiger partial charge in [0.25, 0.3) is 0 Å². The Hall–Kier alpha value is -1.78. The Morgan fingerprint density at radius 3 is 2.71 bits per heavy atom. The number of nitrogens with one attached hydrogen (secondary N) is 1. The second kappa shape index (κ2) is 3.95. The topological polar surface area (TPSA) is 71.5 Å². The maximum atomic E-state index is 10.4. The maximum Gasteiger partial charge on any atom is 0.409 e. The van der Waals surface area contributed by atoms with Gasteiger partial charge in [0, 0.05) is 5.56 Å². The number of rotatable bonds is 2. The Bertz CT molecular complexity index is 363. The van der Waals surface area contributed by atoms with Gasteiger partial charge in [0.1, 0.15) is 0 Å². The van der Waals surface area contributed by atoms with Gasteiger partial charge in [-0.2, -0.15) is 0 Å². The SMILES string of the molecule is COc1nc(C)c(NC(=O)O)cc1C. The van der Waals surface area contributed by atoms with E-state index in [1.807, 2.05) is 0 Å². The first-order valence-corrected chi connectivity index (χ1v) is 4.06. The highest BCUT2D eigenvalue weighted by atomic mass is 16.5. The Kier molecular flexibility index (Phi) is 2.91. The van der Waals surface area contributed by atoms with Gasteiger partial charge in [-0.25, -0.2) is 9.78 Å². The highest BCUT2D eigenvalue weighted by molar-refractivity contribution is 5.83. The summed E-state index contributed by atoms with van der Waals surface area (Å²) >= 11 is 0. The number of aromatic nitrogens is 1. The quantitative estimate of drug-likeness (QED) is 0.756. The van der Waals surface area contributed by atoms with E-state index < -0.39 is 6.09 Å². The fourth-order valence-electron chi connectivity index (χ4n) is 1.13. The van der Waals surface area contributed by atoms with Crippen LogP contribution >= 0.6 is 0 Å². The van der Waals surface area contributed by atoms with E-state index in [0.29, 0.717) is 17.3 Å². The molecule has 0 radical (unpaired) electrons. The minimum absolute atomic E-state index is 0.482. The van der Waals surface area contributed by atoms with E-state index in [2.05, 4.69) is 10.3 Å². The third-order valence-corrected chi connectivity index (χ3v) is 1.79. The van der Waals surface area contributed by atoms with E-state index >= 15 is 0 Å². The van der Waals surface area contributed by atoms with Gasteiger partial charge in [-0.15, -0.1) is 0 Å². The van der Waals surface area contributed by atoms with Crippen molar-refractivity contribution < 1.29 is 14.6 Å². The average Bonchev–Trinajstić information content (AvgIpc) is 2.10. The Morgan fingerprint density at radius 1 is 1.57 bits per heavy atom. The van der Waals surface area contributed by atoms with Crippen molar-refractivity contribution >= 4 is 11.8 Å². The van der Waals surface area contributed by atoms with Crippen LogP contribution in [0.5, 0.6) is 5.88 Å². The fraction of sp³-hybridized carbons (Fsp3) is 0.333. The normalized spacial score (nSPS) is 9.64. The Labute approximate surface area is 81.7 Å². The molecule has 0 atom stereocenters. The standard InChI is InChI=1S/C9H12N2O3/c1-5-4-7(11-9(12)13)6(2)10-8(5)14-3/h4,11H,1-3H3,(H,12,13). The molecule has 0 bridgehead atoms. The summed E-state index contributed by atoms with van der Waals surface area (Å²) in [6, 6.07) is 1.69. The molecule has 76 valence electrons. The number of amides is 1. The van der Waals surface area contributed by atoms with Crippen LogP contribution in [0.3, 0.4) is 0 Å². The lowest BCUT2D eigenvalue weighted by Crippen LogP contribution is -2.10. The Morgan fingerprint density at radius 2 is 2.21 bits per heavy atom. The predicted molar refractivity (Wildman–Crippen MR) is 51.9 cm³/mol. The number of carbonyl (C=O) groups is 1. The second-order valence-corrected chi connectivity index (χ2v) is 2.88. The third-order valence-electron chi connectivity index (χ3n) is 1.79. The molecule has 0 aromatic carbocycles. The summed E-state index contributed by atoms with van der Waals surface area (Å²) < 4.78 is 5.00. The lowest BCUT2D eigenvalue weighted by atomic mass is 10.2. The minimum Gasteiger partial charge on any atom is -0.481 e. The zero-order chi connectivity index (χ0) is 10.7. The van der Waals surface area contributed by atoms with Gasteiger partial charge in [-0.3, -0.25) is 5.32 Å². The van der Waals surface area contributed by atoms with Crippen molar-refractivity contribution in [2.24, 2.45) is 0 Å². The number of hydrogen-bond acceptors (Lipinski definition) is 3. The van der Waals surface area contributed by atoms with Crippen molar-refractivity contribution in [3.05, 3.63) is 17.3 Å². The summed E-state index contributed by atoms with van der Waals surface area (Å²) in [5.74, 6) is 0.512. The summed E-state index contributed by atoms with van der Waals surface area (Å²) in [7, 11) is 1.53. The number of carboxylic acid groups (broad SMARTS) is 1. The summed E-state index contributed by atoms with van der Waals surface area (Å²) in [4.78, 5) is 14.5. The second-order valence-electron chi connectivity index (χ2n) is 2.88. The molecule has 0 aliphatic rings. The van der Waals surface area contributed by atoms with E-state index in [9.17, 15) is 4.79 Å². The molecular formula is C9H12N2O3. The molecule has 0 saturated carbocycles. The van der Waals surface area contributed by atoms with Crippen LogP contribution in [0.1, 0.15) is 11.3 Å². The van der Waals surface area contributed by atoms with Crippen LogP contribution < -0.4 is 10.1 Å². The molecule has 0 aliphatic carbocycles. The predicted octanol–water partition coefficient (Wildman–Crippen LogP) is 1.80. The largest absolute Gasteiger partial charge is 0.481 e. The summed E-state index contributed by atoms with van der Waals surface area (Å²) in [5.41, 5.74) is 1.87. The molecule has 1 aromatic heterocycles. The number of pyridine rings is 1. The number of methoxy groups -OCH3 is 1. The van der Waals surface area contributed by atoms with Crippen molar-refractivity contribution in [1.29, 1.82) is 0 Å². The molecular weight excluding hydrogens is 184 g/mol.